The Morgan fingerprint density at radius 2 is 1.97 bits per heavy atom. The first-order chi connectivity index (χ1) is 14.0. The van der Waals surface area contributed by atoms with Crippen LogP contribution in [0.15, 0.2) is 42.5 Å². The number of aromatic nitrogens is 1. The summed E-state index contributed by atoms with van der Waals surface area (Å²) in [5.74, 6) is -0.335. The summed E-state index contributed by atoms with van der Waals surface area (Å²) in [6, 6.07) is 13.6. The molecule has 1 N–H and O–H groups in total. The van der Waals surface area contributed by atoms with Crippen LogP contribution >= 0.6 is 0 Å². The SMILES string of the molecule is CCOC(=O)c1ccc(C(O)Cn2c3c(c4cc(C)ccc42)CN(C)CC3)cc1. The number of hydrogen-bond acceptors (Lipinski definition) is 4. The number of aryl methyl sites for hydroxylation is 1. The van der Waals surface area contributed by atoms with Crippen LogP contribution in [0.25, 0.3) is 10.9 Å². The summed E-state index contributed by atoms with van der Waals surface area (Å²) in [6.07, 6.45) is 0.334. The summed E-state index contributed by atoms with van der Waals surface area (Å²) in [5.41, 5.74) is 6.44. The molecule has 5 heteroatoms. The monoisotopic (exact) mass is 392 g/mol. The van der Waals surface area contributed by atoms with Crippen molar-refractivity contribution < 1.29 is 14.6 Å². The van der Waals surface area contributed by atoms with E-state index in [9.17, 15) is 9.90 Å². The van der Waals surface area contributed by atoms with Gasteiger partial charge in [0.1, 0.15) is 0 Å². The summed E-state index contributed by atoms with van der Waals surface area (Å²) >= 11 is 0. The third-order valence-electron chi connectivity index (χ3n) is 5.76. The predicted octanol–water partition coefficient (Wildman–Crippen LogP) is 3.85. The Morgan fingerprint density at radius 3 is 2.69 bits per heavy atom. The molecule has 0 fully saturated rings. The number of benzene rings is 2. The molecule has 0 spiro atoms. The Hall–Kier alpha value is -2.63. The van der Waals surface area contributed by atoms with Crippen molar-refractivity contribution in [1.29, 1.82) is 0 Å². The number of carbonyl (C=O) groups is 1. The highest BCUT2D eigenvalue weighted by Gasteiger charge is 2.24. The van der Waals surface area contributed by atoms with Crippen molar-refractivity contribution >= 4 is 16.9 Å². The summed E-state index contributed by atoms with van der Waals surface area (Å²) in [7, 11) is 2.15. The number of hydrogen-bond donors (Lipinski definition) is 1. The lowest BCUT2D eigenvalue weighted by molar-refractivity contribution is 0.0526. The number of aliphatic hydroxyl groups excluding tert-OH is 1. The van der Waals surface area contributed by atoms with E-state index in [1.165, 1.54) is 27.7 Å². The van der Waals surface area contributed by atoms with Gasteiger partial charge in [0.25, 0.3) is 0 Å². The zero-order chi connectivity index (χ0) is 20.5. The van der Waals surface area contributed by atoms with Crippen LogP contribution < -0.4 is 0 Å². The lowest BCUT2D eigenvalue weighted by Gasteiger charge is -2.25. The molecule has 4 rings (SSSR count). The normalized spacial score (nSPS) is 15.3. The maximum atomic E-state index is 11.9. The molecule has 5 nitrogen and oxygen atoms in total. The first-order valence-corrected chi connectivity index (χ1v) is 10.2. The van der Waals surface area contributed by atoms with Gasteiger partial charge in [0.05, 0.1) is 24.8 Å². The zero-order valence-electron chi connectivity index (χ0n) is 17.3. The van der Waals surface area contributed by atoms with E-state index in [0.29, 0.717) is 18.7 Å². The third kappa shape index (κ3) is 3.80. The molecule has 0 saturated carbocycles. The summed E-state index contributed by atoms with van der Waals surface area (Å²) in [5, 5.41) is 12.2. The first kappa shape index (κ1) is 19.7. The summed E-state index contributed by atoms with van der Waals surface area (Å²) < 4.78 is 7.31. The standard InChI is InChI=1S/C24H28N2O3/c1-4-29-24(28)18-8-6-17(7-9-18)23(27)15-26-21-10-5-16(2)13-19(21)20-14-25(3)12-11-22(20)26/h5-10,13,23,27H,4,11-12,14-15H2,1-3H3. The number of aliphatic hydroxyl groups is 1. The number of nitrogens with zero attached hydrogens (tertiary/aromatic N) is 2. The molecule has 1 aliphatic rings. The predicted molar refractivity (Wildman–Crippen MR) is 114 cm³/mol. The van der Waals surface area contributed by atoms with E-state index < -0.39 is 6.10 Å². The first-order valence-electron chi connectivity index (χ1n) is 10.2. The van der Waals surface area contributed by atoms with Crippen molar-refractivity contribution in [2.75, 3.05) is 20.2 Å². The second-order valence-electron chi connectivity index (χ2n) is 7.90. The van der Waals surface area contributed by atoms with Crippen LogP contribution in [0, 0.1) is 6.92 Å². The zero-order valence-corrected chi connectivity index (χ0v) is 17.3. The van der Waals surface area contributed by atoms with E-state index in [0.717, 1.165) is 25.1 Å². The van der Waals surface area contributed by atoms with Crippen LogP contribution in [0.5, 0.6) is 0 Å². The molecule has 152 valence electrons. The van der Waals surface area contributed by atoms with Gasteiger partial charge in [-0.2, -0.15) is 0 Å². The minimum Gasteiger partial charge on any atom is -0.462 e. The molecule has 1 aromatic heterocycles. The molecule has 0 saturated heterocycles. The van der Waals surface area contributed by atoms with Crippen molar-refractivity contribution in [3.8, 4) is 0 Å². The molecule has 0 amide bonds. The Bertz CT molecular complexity index is 1040. The van der Waals surface area contributed by atoms with Crippen molar-refractivity contribution in [2.24, 2.45) is 0 Å². The molecule has 1 atom stereocenters. The summed E-state index contributed by atoms with van der Waals surface area (Å²) in [6.45, 7) is 6.72. The Morgan fingerprint density at radius 1 is 1.21 bits per heavy atom. The molecular formula is C24H28N2O3. The minimum atomic E-state index is -0.646. The highest BCUT2D eigenvalue weighted by molar-refractivity contribution is 5.89. The molecular weight excluding hydrogens is 364 g/mol. The van der Waals surface area contributed by atoms with Crippen molar-refractivity contribution in [2.45, 2.75) is 39.5 Å². The number of ether oxygens (including phenoxy) is 1. The summed E-state index contributed by atoms with van der Waals surface area (Å²) in [4.78, 5) is 14.2. The number of rotatable bonds is 5. The fraction of sp³-hybridized carbons (Fsp3) is 0.375. The minimum absolute atomic E-state index is 0.335. The van der Waals surface area contributed by atoms with E-state index >= 15 is 0 Å². The average Bonchev–Trinajstić information content (AvgIpc) is 3.00. The Balaban J connectivity index is 1.65. The van der Waals surface area contributed by atoms with E-state index in [2.05, 4.69) is 41.6 Å². The van der Waals surface area contributed by atoms with Crippen LogP contribution in [0.4, 0.5) is 0 Å². The third-order valence-corrected chi connectivity index (χ3v) is 5.76. The van der Waals surface area contributed by atoms with Gasteiger partial charge in [-0.05, 0) is 56.3 Å². The molecule has 3 aromatic rings. The fourth-order valence-electron chi connectivity index (χ4n) is 4.24. The second kappa shape index (κ2) is 8.01. The smallest absolute Gasteiger partial charge is 0.338 e. The van der Waals surface area contributed by atoms with E-state index in [1.807, 2.05) is 12.1 Å². The van der Waals surface area contributed by atoms with Crippen LogP contribution in [0.3, 0.4) is 0 Å². The van der Waals surface area contributed by atoms with E-state index in [1.54, 1.807) is 19.1 Å². The van der Waals surface area contributed by atoms with Crippen LogP contribution in [-0.2, 0) is 24.2 Å². The van der Waals surface area contributed by atoms with Gasteiger partial charge in [-0.15, -0.1) is 0 Å². The van der Waals surface area contributed by atoms with Gasteiger partial charge in [-0.25, -0.2) is 4.79 Å². The molecule has 1 aliphatic heterocycles. The number of fused-ring (bicyclic) bond motifs is 3. The van der Waals surface area contributed by atoms with Crippen molar-refractivity contribution in [3.63, 3.8) is 0 Å². The van der Waals surface area contributed by atoms with Gasteiger partial charge in [0.15, 0.2) is 0 Å². The fourth-order valence-corrected chi connectivity index (χ4v) is 4.24. The lowest BCUT2D eigenvalue weighted by atomic mass is 10.0. The number of likely N-dealkylation sites (N-methyl/N-ethyl adjacent to an activating group) is 1. The van der Waals surface area contributed by atoms with Gasteiger partial charge < -0.3 is 19.3 Å². The van der Waals surface area contributed by atoms with Crippen molar-refractivity contribution in [1.82, 2.24) is 9.47 Å². The van der Waals surface area contributed by atoms with Crippen LogP contribution in [0.2, 0.25) is 0 Å². The maximum absolute atomic E-state index is 11.9. The molecule has 1 unspecified atom stereocenters. The highest BCUT2D eigenvalue weighted by atomic mass is 16.5. The van der Waals surface area contributed by atoms with Crippen molar-refractivity contribution in [3.05, 3.63) is 70.4 Å². The number of carbonyl (C=O) groups excluding carboxylic acids is 1. The topological polar surface area (TPSA) is 54.7 Å². The van der Waals surface area contributed by atoms with Crippen LogP contribution in [0.1, 0.15) is 45.8 Å². The van der Waals surface area contributed by atoms with Gasteiger partial charge in [0.2, 0.25) is 0 Å². The molecule has 0 bridgehead atoms. The Labute approximate surface area is 171 Å². The maximum Gasteiger partial charge on any atom is 0.338 e. The van der Waals surface area contributed by atoms with E-state index in [-0.39, 0.29) is 5.97 Å². The van der Waals surface area contributed by atoms with Gasteiger partial charge >= 0.3 is 5.97 Å². The quantitative estimate of drug-likeness (QED) is 0.670. The van der Waals surface area contributed by atoms with Gasteiger partial charge in [0, 0.05) is 36.1 Å². The lowest BCUT2D eigenvalue weighted by Crippen LogP contribution is -2.27. The second-order valence-corrected chi connectivity index (χ2v) is 7.90. The van der Waals surface area contributed by atoms with Crippen LogP contribution in [-0.4, -0.2) is 40.7 Å². The molecule has 2 heterocycles. The van der Waals surface area contributed by atoms with Gasteiger partial charge in [-0.1, -0.05) is 23.8 Å². The molecule has 0 radical (unpaired) electrons. The Kier molecular flexibility index (Phi) is 5.43. The highest BCUT2D eigenvalue weighted by Crippen LogP contribution is 2.33. The molecule has 0 aliphatic carbocycles. The van der Waals surface area contributed by atoms with E-state index in [4.69, 9.17) is 4.74 Å². The molecule has 29 heavy (non-hydrogen) atoms. The molecule has 2 aromatic carbocycles. The number of esters is 1. The average molecular weight is 392 g/mol. The largest absolute Gasteiger partial charge is 0.462 e. The van der Waals surface area contributed by atoms with Gasteiger partial charge in [-0.3, -0.25) is 0 Å².